The molecule has 18 heavy (non-hydrogen) atoms. The molecule has 1 aromatic carbocycles. The van der Waals surface area contributed by atoms with Crippen LogP contribution in [0, 0.1) is 5.41 Å². The van der Waals surface area contributed by atoms with E-state index in [1.807, 2.05) is 38.1 Å². The summed E-state index contributed by atoms with van der Waals surface area (Å²) in [5, 5.41) is 2.90. The van der Waals surface area contributed by atoms with Crippen LogP contribution in [-0.2, 0) is 22.7 Å². The second kappa shape index (κ2) is 6.76. The molecule has 0 aliphatic carbocycles. The van der Waals surface area contributed by atoms with Gasteiger partial charge in [0.25, 0.3) is 0 Å². The van der Waals surface area contributed by atoms with Crippen molar-refractivity contribution in [1.29, 1.82) is 0 Å². The van der Waals surface area contributed by atoms with E-state index in [4.69, 9.17) is 16.3 Å². The van der Waals surface area contributed by atoms with Gasteiger partial charge in [-0.2, -0.15) is 0 Å². The van der Waals surface area contributed by atoms with E-state index >= 15 is 0 Å². The lowest BCUT2D eigenvalue weighted by molar-refractivity contribution is -0.128. The molecule has 0 saturated carbocycles. The molecule has 0 radical (unpaired) electrons. The Hall–Kier alpha value is -1.06. The standard InChI is InChI=1S/C14H20ClNO2/c1-14(2,10-15)13(17)16-8-11-5-4-6-12(7-11)9-18-3/h4-7H,8-10H2,1-3H3,(H,16,17). The molecule has 0 spiro atoms. The number of benzene rings is 1. The second-order valence-electron chi connectivity index (χ2n) is 4.95. The molecule has 0 aliphatic rings. The summed E-state index contributed by atoms with van der Waals surface area (Å²) >= 11 is 5.76. The van der Waals surface area contributed by atoms with Gasteiger partial charge in [0.05, 0.1) is 12.0 Å². The van der Waals surface area contributed by atoms with Crippen molar-refractivity contribution < 1.29 is 9.53 Å². The number of nitrogens with one attached hydrogen (secondary N) is 1. The summed E-state index contributed by atoms with van der Waals surface area (Å²) < 4.78 is 5.08. The van der Waals surface area contributed by atoms with E-state index in [0.29, 0.717) is 19.0 Å². The average Bonchev–Trinajstić information content (AvgIpc) is 2.36. The van der Waals surface area contributed by atoms with Crippen LogP contribution in [0.2, 0.25) is 0 Å². The first kappa shape index (κ1) is 15.0. The maximum absolute atomic E-state index is 11.9. The highest BCUT2D eigenvalue weighted by Crippen LogP contribution is 2.17. The summed E-state index contributed by atoms with van der Waals surface area (Å²) in [4.78, 5) is 11.9. The summed E-state index contributed by atoms with van der Waals surface area (Å²) in [7, 11) is 1.66. The molecule has 1 aromatic rings. The van der Waals surface area contributed by atoms with E-state index in [-0.39, 0.29) is 5.91 Å². The normalized spacial score (nSPS) is 11.3. The van der Waals surface area contributed by atoms with Crippen molar-refractivity contribution >= 4 is 17.5 Å². The Bertz CT molecular complexity index is 405. The minimum atomic E-state index is -0.536. The monoisotopic (exact) mass is 269 g/mol. The SMILES string of the molecule is COCc1cccc(CNC(=O)C(C)(C)CCl)c1. The number of carbonyl (C=O) groups excluding carboxylic acids is 1. The van der Waals surface area contributed by atoms with Crippen LogP contribution >= 0.6 is 11.6 Å². The number of hydrogen-bond donors (Lipinski definition) is 1. The van der Waals surface area contributed by atoms with Crippen molar-refractivity contribution in [2.45, 2.75) is 27.0 Å². The molecule has 4 heteroatoms. The summed E-state index contributed by atoms with van der Waals surface area (Å²) in [5.74, 6) is 0.275. The molecule has 0 heterocycles. The van der Waals surface area contributed by atoms with E-state index < -0.39 is 5.41 Å². The first-order valence-corrected chi connectivity index (χ1v) is 6.44. The molecule has 0 saturated heterocycles. The van der Waals surface area contributed by atoms with Crippen LogP contribution in [-0.4, -0.2) is 18.9 Å². The molecule has 0 aromatic heterocycles. The van der Waals surface area contributed by atoms with Crippen LogP contribution in [0.5, 0.6) is 0 Å². The number of ether oxygens (including phenoxy) is 1. The fourth-order valence-electron chi connectivity index (χ4n) is 1.48. The predicted octanol–water partition coefficient (Wildman–Crippen LogP) is 2.71. The highest BCUT2D eigenvalue weighted by molar-refractivity contribution is 6.19. The van der Waals surface area contributed by atoms with Gasteiger partial charge in [-0.1, -0.05) is 24.3 Å². The van der Waals surface area contributed by atoms with Gasteiger partial charge in [0.1, 0.15) is 0 Å². The van der Waals surface area contributed by atoms with Crippen molar-refractivity contribution in [3.63, 3.8) is 0 Å². The number of amides is 1. The third-order valence-electron chi connectivity index (χ3n) is 2.70. The van der Waals surface area contributed by atoms with Crippen LogP contribution < -0.4 is 5.32 Å². The number of alkyl halides is 1. The summed E-state index contributed by atoms with van der Waals surface area (Å²) in [5.41, 5.74) is 1.62. The number of carbonyl (C=O) groups is 1. The molecular weight excluding hydrogens is 250 g/mol. The molecule has 1 rings (SSSR count). The molecule has 0 bridgehead atoms. The van der Waals surface area contributed by atoms with Gasteiger partial charge >= 0.3 is 0 Å². The minimum Gasteiger partial charge on any atom is -0.380 e. The van der Waals surface area contributed by atoms with E-state index in [0.717, 1.165) is 11.1 Å². The van der Waals surface area contributed by atoms with Gasteiger partial charge in [-0.25, -0.2) is 0 Å². The van der Waals surface area contributed by atoms with Gasteiger partial charge in [-0.3, -0.25) is 4.79 Å². The van der Waals surface area contributed by atoms with Crippen LogP contribution in [0.3, 0.4) is 0 Å². The molecule has 0 fully saturated rings. The number of rotatable bonds is 6. The van der Waals surface area contributed by atoms with Crippen molar-refractivity contribution in [2.75, 3.05) is 13.0 Å². The van der Waals surface area contributed by atoms with Crippen LogP contribution in [0.1, 0.15) is 25.0 Å². The van der Waals surface area contributed by atoms with E-state index in [9.17, 15) is 4.79 Å². The Balaban J connectivity index is 2.58. The Morgan fingerprint density at radius 1 is 1.39 bits per heavy atom. The van der Waals surface area contributed by atoms with Crippen molar-refractivity contribution in [3.8, 4) is 0 Å². The first-order valence-electron chi connectivity index (χ1n) is 5.90. The Morgan fingerprint density at radius 3 is 2.67 bits per heavy atom. The molecular formula is C14H20ClNO2. The average molecular weight is 270 g/mol. The lowest BCUT2D eigenvalue weighted by atomic mass is 9.95. The van der Waals surface area contributed by atoms with Crippen molar-refractivity contribution in [2.24, 2.45) is 5.41 Å². The summed E-state index contributed by atoms with van der Waals surface area (Å²) in [6, 6.07) is 7.96. The smallest absolute Gasteiger partial charge is 0.227 e. The van der Waals surface area contributed by atoms with Crippen LogP contribution in [0.4, 0.5) is 0 Å². The van der Waals surface area contributed by atoms with Crippen LogP contribution in [0.15, 0.2) is 24.3 Å². The lowest BCUT2D eigenvalue weighted by Crippen LogP contribution is -2.37. The fourth-order valence-corrected chi connectivity index (χ4v) is 1.60. The Labute approximate surface area is 113 Å². The number of methoxy groups -OCH3 is 1. The maximum Gasteiger partial charge on any atom is 0.227 e. The molecule has 0 aliphatic heterocycles. The van der Waals surface area contributed by atoms with Gasteiger partial charge in [0.15, 0.2) is 0 Å². The van der Waals surface area contributed by atoms with Crippen molar-refractivity contribution in [3.05, 3.63) is 35.4 Å². The third kappa shape index (κ3) is 4.31. The van der Waals surface area contributed by atoms with E-state index in [1.54, 1.807) is 7.11 Å². The largest absolute Gasteiger partial charge is 0.380 e. The zero-order valence-electron chi connectivity index (χ0n) is 11.1. The molecule has 3 nitrogen and oxygen atoms in total. The number of halogens is 1. The van der Waals surface area contributed by atoms with Crippen LogP contribution in [0.25, 0.3) is 0 Å². The highest BCUT2D eigenvalue weighted by atomic mass is 35.5. The van der Waals surface area contributed by atoms with Gasteiger partial charge in [0, 0.05) is 19.5 Å². The maximum atomic E-state index is 11.9. The first-order chi connectivity index (χ1) is 8.49. The predicted molar refractivity (Wildman–Crippen MR) is 73.5 cm³/mol. The Morgan fingerprint density at radius 2 is 2.06 bits per heavy atom. The van der Waals surface area contributed by atoms with Crippen molar-refractivity contribution in [1.82, 2.24) is 5.32 Å². The molecule has 1 amide bonds. The zero-order valence-corrected chi connectivity index (χ0v) is 11.9. The summed E-state index contributed by atoms with van der Waals surface area (Å²) in [6.45, 7) is 4.75. The quantitative estimate of drug-likeness (QED) is 0.807. The van der Waals surface area contributed by atoms with E-state index in [1.165, 1.54) is 0 Å². The summed E-state index contributed by atoms with van der Waals surface area (Å²) in [6.07, 6.45) is 0. The second-order valence-corrected chi connectivity index (χ2v) is 5.22. The molecule has 0 unspecified atom stereocenters. The van der Waals surface area contributed by atoms with E-state index in [2.05, 4.69) is 5.32 Å². The minimum absolute atomic E-state index is 0.0327. The third-order valence-corrected chi connectivity index (χ3v) is 3.37. The molecule has 100 valence electrons. The zero-order chi connectivity index (χ0) is 13.6. The number of hydrogen-bond acceptors (Lipinski definition) is 2. The van der Waals surface area contributed by atoms with Gasteiger partial charge in [0.2, 0.25) is 5.91 Å². The molecule has 0 atom stereocenters. The highest BCUT2D eigenvalue weighted by Gasteiger charge is 2.25. The van der Waals surface area contributed by atoms with Gasteiger partial charge in [-0.05, 0) is 25.0 Å². The topological polar surface area (TPSA) is 38.3 Å². The fraction of sp³-hybridized carbons (Fsp3) is 0.500. The Kier molecular flexibility index (Phi) is 5.63. The lowest BCUT2D eigenvalue weighted by Gasteiger charge is -2.20. The molecule has 1 N–H and O–H groups in total. The van der Waals surface area contributed by atoms with Gasteiger partial charge in [-0.15, -0.1) is 11.6 Å². The van der Waals surface area contributed by atoms with Gasteiger partial charge < -0.3 is 10.1 Å².